The molecule has 0 aliphatic heterocycles. The van der Waals surface area contributed by atoms with E-state index in [1.54, 1.807) is 7.11 Å². The van der Waals surface area contributed by atoms with Crippen LogP contribution in [0.25, 0.3) is 23.1 Å². The summed E-state index contributed by atoms with van der Waals surface area (Å²) in [5.41, 5.74) is 1.98. The third-order valence-corrected chi connectivity index (χ3v) is 3.51. The molecular formula is C17H14N2OS. The average Bonchev–Trinajstić information content (AvgIpc) is 2.53. The molecule has 0 unspecified atom stereocenters. The van der Waals surface area contributed by atoms with Crippen LogP contribution in [0, 0.1) is 4.64 Å². The maximum atomic E-state index is 5.33. The van der Waals surface area contributed by atoms with Crippen LogP contribution in [0.3, 0.4) is 0 Å². The quantitative estimate of drug-likeness (QED) is 0.724. The van der Waals surface area contributed by atoms with Crippen molar-refractivity contribution in [1.29, 1.82) is 0 Å². The molecule has 1 aromatic heterocycles. The fraction of sp³-hybridized carbons (Fsp3) is 0.0588. The zero-order valence-corrected chi connectivity index (χ0v) is 12.4. The summed E-state index contributed by atoms with van der Waals surface area (Å²) < 4.78 is 5.93. The van der Waals surface area contributed by atoms with E-state index in [0.717, 1.165) is 28.0 Å². The number of aromatic amines is 1. The molecule has 0 spiro atoms. The minimum atomic E-state index is 0.601. The van der Waals surface area contributed by atoms with E-state index in [2.05, 4.69) is 9.97 Å². The molecule has 3 aromatic rings. The van der Waals surface area contributed by atoms with Crippen molar-refractivity contribution in [3.8, 4) is 5.75 Å². The van der Waals surface area contributed by atoms with Gasteiger partial charge in [-0.1, -0.05) is 42.5 Å². The number of nitrogens with one attached hydrogen (secondary N) is 1. The van der Waals surface area contributed by atoms with E-state index in [0.29, 0.717) is 4.64 Å². The molecule has 0 fully saturated rings. The molecule has 104 valence electrons. The zero-order valence-electron chi connectivity index (χ0n) is 11.5. The van der Waals surface area contributed by atoms with Crippen molar-refractivity contribution in [3.63, 3.8) is 0 Å². The second kappa shape index (κ2) is 5.89. The number of benzene rings is 2. The molecule has 2 aromatic carbocycles. The van der Waals surface area contributed by atoms with Gasteiger partial charge in [-0.2, -0.15) is 0 Å². The summed E-state index contributed by atoms with van der Waals surface area (Å²) in [5, 5.41) is 0.960. The second-order valence-corrected chi connectivity index (χ2v) is 4.93. The number of methoxy groups -OCH3 is 1. The summed E-state index contributed by atoms with van der Waals surface area (Å²) in [4.78, 5) is 7.67. The molecular weight excluding hydrogens is 280 g/mol. The Morgan fingerprint density at radius 2 is 1.81 bits per heavy atom. The predicted octanol–water partition coefficient (Wildman–Crippen LogP) is 4.47. The Morgan fingerprint density at radius 1 is 1.05 bits per heavy atom. The van der Waals surface area contributed by atoms with Crippen molar-refractivity contribution in [2.75, 3.05) is 7.11 Å². The maximum Gasteiger partial charge on any atom is 0.137 e. The van der Waals surface area contributed by atoms with Gasteiger partial charge in [0, 0.05) is 16.5 Å². The largest absolute Gasteiger partial charge is 0.496 e. The van der Waals surface area contributed by atoms with Crippen LogP contribution in [0.1, 0.15) is 11.4 Å². The lowest BCUT2D eigenvalue weighted by Crippen LogP contribution is -1.90. The van der Waals surface area contributed by atoms with Crippen molar-refractivity contribution in [2.24, 2.45) is 0 Å². The van der Waals surface area contributed by atoms with Crippen molar-refractivity contribution in [1.82, 2.24) is 9.97 Å². The number of hydrogen-bond donors (Lipinski definition) is 1. The number of hydrogen-bond acceptors (Lipinski definition) is 3. The lowest BCUT2D eigenvalue weighted by molar-refractivity contribution is 0.414. The van der Waals surface area contributed by atoms with Gasteiger partial charge in [-0.05, 0) is 30.4 Å². The second-order valence-electron chi connectivity index (χ2n) is 4.55. The number of para-hydroxylation sites is 2. The lowest BCUT2D eigenvalue weighted by Gasteiger charge is -2.04. The van der Waals surface area contributed by atoms with Gasteiger partial charge in [0.15, 0.2) is 0 Å². The fourth-order valence-electron chi connectivity index (χ4n) is 2.17. The topological polar surface area (TPSA) is 37.9 Å². The third-order valence-electron chi connectivity index (χ3n) is 3.20. The van der Waals surface area contributed by atoms with Gasteiger partial charge in [-0.3, -0.25) is 0 Å². The van der Waals surface area contributed by atoms with Gasteiger partial charge < -0.3 is 9.72 Å². The Kier molecular flexibility index (Phi) is 3.79. The van der Waals surface area contributed by atoms with E-state index in [4.69, 9.17) is 17.0 Å². The van der Waals surface area contributed by atoms with Gasteiger partial charge >= 0.3 is 0 Å². The molecule has 0 bridgehead atoms. The highest BCUT2D eigenvalue weighted by Gasteiger charge is 2.00. The Balaban J connectivity index is 2.02. The van der Waals surface area contributed by atoms with Gasteiger partial charge in [-0.25, -0.2) is 4.98 Å². The SMILES string of the molecule is COc1ccccc1C=Cc1nc(=S)c2ccccc2[nH]1. The minimum Gasteiger partial charge on any atom is -0.496 e. The van der Waals surface area contributed by atoms with Crippen molar-refractivity contribution < 1.29 is 4.74 Å². The Hall–Kier alpha value is -2.46. The highest BCUT2D eigenvalue weighted by Crippen LogP contribution is 2.20. The van der Waals surface area contributed by atoms with E-state index in [1.807, 2.05) is 60.7 Å². The smallest absolute Gasteiger partial charge is 0.137 e. The van der Waals surface area contributed by atoms with Gasteiger partial charge in [-0.15, -0.1) is 0 Å². The van der Waals surface area contributed by atoms with Crippen LogP contribution >= 0.6 is 12.2 Å². The highest BCUT2D eigenvalue weighted by atomic mass is 32.1. The average molecular weight is 294 g/mol. The lowest BCUT2D eigenvalue weighted by atomic mass is 10.2. The first-order chi connectivity index (χ1) is 10.3. The van der Waals surface area contributed by atoms with E-state index in [1.165, 1.54) is 0 Å². The van der Waals surface area contributed by atoms with Crippen LogP contribution in [0.2, 0.25) is 0 Å². The standard InChI is InChI=1S/C17H14N2OS/c1-20-15-9-5-2-6-12(15)10-11-16-18-14-8-4-3-7-13(14)17(21)19-16/h2-11H,1H3,(H,18,19,21). The first kappa shape index (κ1) is 13.5. The van der Waals surface area contributed by atoms with Gasteiger partial charge in [0.1, 0.15) is 16.2 Å². The summed E-state index contributed by atoms with van der Waals surface area (Å²) in [7, 11) is 1.66. The molecule has 21 heavy (non-hydrogen) atoms. The monoisotopic (exact) mass is 294 g/mol. The van der Waals surface area contributed by atoms with Crippen LogP contribution in [-0.4, -0.2) is 17.1 Å². The molecule has 1 heterocycles. The van der Waals surface area contributed by atoms with E-state index >= 15 is 0 Å². The summed E-state index contributed by atoms with van der Waals surface area (Å²) in [5.74, 6) is 1.55. The first-order valence-corrected chi connectivity index (χ1v) is 6.99. The first-order valence-electron chi connectivity index (χ1n) is 6.58. The molecule has 4 heteroatoms. The number of H-pyrrole nitrogens is 1. The minimum absolute atomic E-state index is 0.601. The molecule has 0 aliphatic carbocycles. The van der Waals surface area contributed by atoms with Gasteiger partial charge in [0.25, 0.3) is 0 Å². The van der Waals surface area contributed by atoms with Crippen molar-refractivity contribution >= 4 is 35.3 Å². The zero-order chi connectivity index (χ0) is 14.7. The number of ether oxygens (including phenoxy) is 1. The number of rotatable bonds is 3. The van der Waals surface area contributed by atoms with Gasteiger partial charge in [0.05, 0.1) is 7.11 Å². The van der Waals surface area contributed by atoms with Crippen LogP contribution < -0.4 is 4.74 Å². The summed E-state index contributed by atoms with van der Waals surface area (Å²) in [6, 6.07) is 15.7. The predicted molar refractivity (Wildman–Crippen MR) is 88.8 cm³/mol. The number of aromatic nitrogens is 2. The molecule has 0 saturated carbocycles. The Morgan fingerprint density at radius 3 is 2.67 bits per heavy atom. The summed E-state index contributed by atoms with van der Waals surface area (Å²) >= 11 is 5.33. The van der Waals surface area contributed by atoms with E-state index < -0.39 is 0 Å². The molecule has 0 amide bonds. The molecule has 0 atom stereocenters. The normalized spacial score (nSPS) is 11.1. The molecule has 0 radical (unpaired) electrons. The molecule has 3 rings (SSSR count). The maximum absolute atomic E-state index is 5.33. The molecule has 0 aliphatic rings. The van der Waals surface area contributed by atoms with E-state index in [-0.39, 0.29) is 0 Å². The highest BCUT2D eigenvalue weighted by molar-refractivity contribution is 7.71. The third kappa shape index (κ3) is 2.85. The van der Waals surface area contributed by atoms with Crippen LogP contribution in [-0.2, 0) is 0 Å². The Bertz CT molecular complexity index is 868. The Labute approximate surface area is 127 Å². The molecule has 3 nitrogen and oxygen atoms in total. The number of nitrogens with zero attached hydrogens (tertiary/aromatic N) is 1. The van der Waals surface area contributed by atoms with Crippen molar-refractivity contribution in [2.45, 2.75) is 0 Å². The number of fused-ring (bicyclic) bond motifs is 1. The van der Waals surface area contributed by atoms with E-state index in [9.17, 15) is 0 Å². The fourth-order valence-corrected chi connectivity index (χ4v) is 2.44. The summed E-state index contributed by atoms with van der Waals surface area (Å²) in [6.07, 6.45) is 3.86. The van der Waals surface area contributed by atoms with Crippen LogP contribution in [0.5, 0.6) is 5.75 Å². The summed E-state index contributed by atoms with van der Waals surface area (Å²) in [6.45, 7) is 0. The van der Waals surface area contributed by atoms with Crippen LogP contribution in [0.15, 0.2) is 48.5 Å². The van der Waals surface area contributed by atoms with Crippen LogP contribution in [0.4, 0.5) is 0 Å². The van der Waals surface area contributed by atoms with Gasteiger partial charge in [0.2, 0.25) is 0 Å². The molecule has 0 saturated heterocycles. The molecule has 1 N–H and O–H groups in total. The van der Waals surface area contributed by atoms with Crippen molar-refractivity contribution in [3.05, 3.63) is 64.6 Å².